The third-order valence-corrected chi connectivity index (χ3v) is 3.95. The van der Waals surface area contributed by atoms with Crippen LogP contribution in [0.3, 0.4) is 0 Å². The number of fused-ring (bicyclic) bond motifs is 1. The molecule has 2 aromatic heterocycles. The van der Waals surface area contributed by atoms with E-state index in [2.05, 4.69) is 16.4 Å². The molecular formula is C15H13NO2S. The zero-order chi connectivity index (χ0) is 13.2. The molecule has 0 bridgehead atoms. The molecule has 0 saturated carbocycles. The second-order valence-electron chi connectivity index (χ2n) is 4.08. The molecule has 0 fully saturated rings. The molecule has 0 aliphatic rings. The molecule has 0 atom stereocenters. The number of nitrogens with zero attached hydrogens (tertiary/aromatic N) is 1. The Morgan fingerprint density at radius 2 is 1.89 bits per heavy atom. The number of benzene rings is 1. The van der Waals surface area contributed by atoms with Gasteiger partial charge in [0.2, 0.25) is 0 Å². The van der Waals surface area contributed by atoms with Gasteiger partial charge in [-0.25, -0.2) is 4.98 Å². The van der Waals surface area contributed by atoms with E-state index in [1.54, 1.807) is 25.6 Å². The minimum Gasteiger partial charge on any atom is -0.493 e. The highest BCUT2D eigenvalue weighted by Gasteiger charge is 2.10. The van der Waals surface area contributed by atoms with Gasteiger partial charge in [0.25, 0.3) is 0 Å². The summed E-state index contributed by atoms with van der Waals surface area (Å²) in [6.45, 7) is 0. The van der Waals surface area contributed by atoms with Gasteiger partial charge in [-0.15, -0.1) is 11.3 Å². The summed E-state index contributed by atoms with van der Waals surface area (Å²) in [7, 11) is 3.29. The Morgan fingerprint density at radius 1 is 1.05 bits per heavy atom. The van der Waals surface area contributed by atoms with E-state index in [1.807, 2.05) is 30.5 Å². The van der Waals surface area contributed by atoms with E-state index in [0.717, 1.165) is 21.9 Å². The number of hydrogen-bond donors (Lipinski definition) is 0. The maximum absolute atomic E-state index is 5.35. The number of rotatable bonds is 3. The molecule has 0 spiro atoms. The van der Waals surface area contributed by atoms with Crippen molar-refractivity contribution in [1.29, 1.82) is 0 Å². The summed E-state index contributed by atoms with van der Waals surface area (Å²) in [6.07, 6.45) is 1.82. The molecule has 3 nitrogen and oxygen atoms in total. The molecule has 0 amide bonds. The predicted octanol–water partition coefficient (Wildman–Crippen LogP) is 3.98. The second kappa shape index (κ2) is 4.90. The fourth-order valence-corrected chi connectivity index (χ4v) is 3.01. The van der Waals surface area contributed by atoms with Crippen molar-refractivity contribution in [2.24, 2.45) is 0 Å². The van der Waals surface area contributed by atoms with E-state index >= 15 is 0 Å². The van der Waals surface area contributed by atoms with E-state index in [1.165, 1.54) is 10.9 Å². The highest BCUT2D eigenvalue weighted by atomic mass is 32.1. The number of methoxy groups -OCH3 is 2. The molecule has 2 heterocycles. The van der Waals surface area contributed by atoms with Crippen LogP contribution in [0.4, 0.5) is 0 Å². The van der Waals surface area contributed by atoms with Gasteiger partial charge in [0.05, 0.1) is 14.2 Å². The van der Waals surface area contributed by atoms with Gasteiger partial charge >= 0.3 is 0 Å². The molecule has 0 saturated heterocycles. The SMILES string of the molecule is COc1ccc(-c2csc3ncccc23)cc1OC. The Kier molecular flexibility index (Phi) is 3.09. The van der Waals surface area contributed by atoms with Crippen LogP contribution in [0.1, 0.15) is 0 Å². The average Bonchev–Trinajstić information content (AvgIpc) is 2.90. The number of thiophene rings is 1. The summed E-state index contributed by atoms with van der Waals surface area (Å²) >= 11 is 1.65. The average molecular weight is 271 g/mol. The minimum atomic E-state index is 0.739. The quantitative estimate of drug-likeness (QED) is 0.722. The summed E-state index contributed by atoms with van der Waals surface area (Å²) < 4.78 is 10.6. The fraction of sp³-hybridized carbons (Fsp3) is 0.133. The van der Waals surface area contributed by atoms with E-state index < -0.39 is 0 Å². The van der Waals surface area contributed by atoms with Crippen LogP contribution < -0.4 is 9.47 Å². The molecule has 19 heavy (non-hydrogen) atoms. The zero-order valence-corrected chi connectivity index (χ0v) is 11.5. The van der Waals surface area contributed by atoms with Gasteiger partial charge in [0.1, 0.15) is 4.83 Å². The number of hydrogen-bond acceptors (Lipinski definition) is 4. The summed E-state index contributed by atoms with van der Waals surface area (Å²) in [5, 5.41) is 3.29. The first-order chi connectivity index (χ1) is 9.33. The maximum atomic E-state index is 5.35. The summed E-state index contributed by atoms with van der Waals surface area (Å²) in [6, 6.07) is 10.0. The molecule has 4 heteroatoms. The van der Waals surface area contributed by atoms with E-state index in [-0.39, 0.29) is 0 Å². The Labute approximate surface area is 115 Å². The maximum Gasteiger partial charge on any atom is 0.161 e. The Hall–Kier alpha value is -2.07. The largest absolute Gasteiger partial charge is 0.493 e. The summed E-state index contributed by atoms with van der Waals surface area (Å²) in [5.41, 5.74) is 2.28. The Bertz CT molecular complexity index is 721. The second-order valence-corrected chi connectivity index (χ2v) is 4.93. The third-order valence-electron chi connectivity index (χ3n) is 3.04. The Morgan fingerprint density at radius 3 is 2.68 bits per heavy atom. The van der Waals surface area contributed by atoms with E-state index in [4.69, 9.17) is 9.47 Å². The van der Waals surface area contributed by atoms with Crippen LogP contribution in [0.5, 0.6) is 11.5 Å². The van der Waals surface area contributed by atoms with Crippen molar-refractivity contribution in [3.8, 4) is 22.6 Å². The van der Waals surface area contributed by atoms with Crippen LogP contribution >= 0.6 is 11.3 Å². The first-order valence-corrected chi connectivity index (χ1v) is 6.76. The molecule has 1 aromatic carbocycles. The standard InChI is InChI=1S/C15H13NO2S/c1-17-13-6-5-10(8-14(13)18-2)12-9-19-15-11(12)4-3-7-16-15/h3-9H,1-2H3. The highest BCUT2D eigenvalue weighted by Crippen LogP contribution is 2.37. The van der Waals surface area contributed by atoms with Gasteiger partial charge in [0.15, 0.2) is 11.5 Å². The predicted molar refractivity (Wildman–Crippen MR) is 78.2 cm³/mol. The monoisotopic (exact) mass is 271 g/mol. The lowest BCUT2D eigenvalue weighted by Gasteiger charge is -2.09. The molecule has 96 valence electrons. The van der Waals surface area contributed by atoms with Crippen LogP contribution in [0.15, 0.2) is 41.9 Å². The molecule has 3 rings (SSSR count). The molecule has 0 unspecified atom stereocenters. The van der Waals surface area contributed by atoms with Crippen LogP contribution in [-0.2, 0) is 0 Å². The molecule has 3 aromatic rings. The minimum absolute atomic E-state index is 0.739. The van der Waals surface area contributed by atoms with Crippen LogP contribution in [0.25, 0.3) is 21.3 Å². The number of pyridine rings is 1. The van der Waals surface area contributed by atoms with Crippen molar-refractivity contribution in [3.05, 3.63) is 41.9 Å². The normalized spacial score (nSPS) is 10.6. The number of ether oxygens (including phenoxy) is 2. The van der Waals surface area contributed by atoms with Crippen molar-refractivity contribution in [2.75, 3.05) is 14.2 Å². The molecule has 0 radical (unpaired) electrons. The van der Waals surface area contributed by atoms with Gasteiger partial charge in [-0.2, -0.15) is 0 Å². The van der Waals surface area contributed by atoms with Crippen LogP contribution in [0.2, 0.25) is 0 Å². The van der Waals surface area contributed by atoms with Crippen LogP contribution in [-0.4, -0.2) is 19.2 Å². The first-order valence-electron chi connectivity index (χ1n) is 5.88. The van der Waals surface area contributed by atoms with Crippen molar-refractivity contribution >= 4 is 21.6 Å². The number of aromatic nitrogens is 1. The lowest BCUT2D eigenvalue weighted by molar-refractivity contribution is 0.355. The van der Waals surface area contributed by atoms with Crippen molar-refractivity contribution in [1.82, 2.24) is 4.98 Å². The van der Waals surface area contributed by atoms with Gasteiger partial charge < -0.3 is 9.47 Å². The molecule has 0 aliphatic carbocycles. The van der Waals surface area contributed by atoms with Crippen molar-refractivity contribution in [2.45, 2.75) is 0 Å². The van der Waals surface area contributed by atoms with Crippen molar-refractivity contribution < 1.29 is 9.47 Å². The zero-order valence-electron chi connectivity index (χ0n) is 10.7. The smallest absolute Gasteiger partial charge is 0.161 e. The first kappa shape index (κ1) is 12.0. The van der Waals surface area contributed by atoms with E-state index in [9.17, 15) is 0 Å². The molecule has 0 N–H and O–H groups in total. The lowest BCUT2D eigenvalue weighted by Crippen LogP contribution is -1.90. The van der Waals surface area contributed by atoms with Gasteiger partial charge in [-0.05, 0) is 29.8 Å². The summed E-state index contributed by atoms with van der Waals surface area (Å²) in [4.78, 5) is 5.41. The summed E-state index contributed by atoms with van der Waals surface area (Å²) in [5.74, 6) is 1.48. The molecule has 0 aliphatic heterocycles. The third kappa shape index (κ3) is 2.04. The topological polar surface area (TPSA) is 31.4 Å². The lowest BCUT2D eigenvalue weighted by atomic mass is 10.1. The van der Waals surface area contributed by atoms with Gasteiger partial charge in [0, 0.05) is 22.5 Å². The Balaban J connectivity index is 2.16. The van der Waals surface area contributed by atoms with Crippen molar-refractivity contribution in [3.63, 3.8) is 0 Å². The van der Waals surface area contributed by atoms with E-state index in [0.29, 0.717) is 0 Å². The highest BCUT2D eigenvalue weighted by molar-refractivity contribution is 7.17. The molecular weight excluding hydrogens is 258 g/mol. The van der Waals surface area contributed by atoms with Crippen LogP contribution in [0, 0.1) is 0 Å². The van der Waals surface area contributed by atoms with Gasteiger partial charge in [-0.3, -0.25) is 0 Å². The fourth-order valence-electron chi connectivity index (χ4n) is 2.10. The van der Waals surface area contributed by atoms with Gasteiger partial charge in [-0.1, -0.05) is 6.07 Å².